The highest BCUT2D eigenvalue weighted by Gasteiger charge is 2.37. The van der Waals surface area contributed by atoms with Gasteiger partial charge >= 0.3 is 6.18 Å². The van der Waals surface area contributed by atoms with E-state index in [9.17, 15) is 35.6 Å². The van der Waals surface area contributed by atoms with E-state index in [1.165, 1.54) is 48.5 Å². The number of benzene rings is 3. The van der Waals surface area contributed by atoms with Crippen molar-refractivity contribution in [3.8, 4) is 0 Å². The van der Waals surface area contributed by atoms with E-state index in [-0.39, 0.29) is 23.9 Å². The lowest BCUT2D eigenvalue weighted by Gasteiger charge is -2.34. The number of nitrogens with zero attached hydrogens (tertiary/aromatic N) is 2. The summed E-state index contributed by atoms with van der Waals surface area (Å²) in [5.41, 5.74) is -0.542. The van der Waals surface area contributed by atoms with E-state index >= 15 is 0 Å². The van der Waals surface area contributed by atoms with Gasteiger partial charge in [-0.05, 0) is 74.7 Å². The molecule has 238 valence electrons. The molecule has 0 fully saturated rings. The Morgan fingerprint density at radius 3 is 2.11 bits per heavy atom. The first kappa shape index (κ1) is 34.8. The number of aryl methyl sites for hydroxylation is 1. The molecular weight excluding hydrogens is 622 g/mol. The van der Waals surface area contributed by atoms with Gasteiger partial charge in [-0.2, -0.15) is 13.2 Å². The molecule has 2 amide bonds. The average molecular weight is 656 g/mol. The summed E-state index contributed by atoms with van der Waals surface area (Å²) in [5.74, 6) is -1.87. The fourth-order valence-corrected chi connectivity index (χ4v) is 6.03. The Balaban J connectivity index is 2.15. The molecular formula is C31H34ClF4N3O4S. The fraction of sp³-hybridized carbons (Fsp3) is 0.355. The Labute approximate surface area is 259 Å². The quantitative estimate of drug-likeness (QED) is 0.220. The molecule has 44 heavy (non-hydrogen) atoms. The van der Waals surface area contributed by atoms with E-state index in [0.29, 0.717) is 22.4 Å². The average Bonchev–Trinajstić information content (AvgIpc) is 2.96. The summed E-state index contributed by atoms with van der Waals surface area (Å²) in [6.07, 6.45) is -4.17. The van der Waals surface area contributed by atoms with E-state index < -0.39 is 62.7 Å². The molecule has 0 saturated carbocycles. The van der Waals surface area contributed by atoms with Crippen molar-refractivity contribution in [2.45, 2.75) is 70.2 Å². The van der Waals surface area contributed by atoms with Gasteiger partial charge in [-0.1, -0.05) is 55.3 Å². The number of rotatable bonds is 12. The van der Waals surface area contributed by atoms with Crippen molar-refractivity contribution < 1.29 is 35.6 Å². The van der Waals surface area contributed by atoms with Crippen molar-refractivity contribution >= 4 is 39.1 Å². The third-order valence-electron chi connectivity index (χ3n) is 7.08. The molecule has 0 unspecified atom stereocenters. The highest BCUT2D eigenvalue weighted by atomic mass is 35.5. The van der Waals surface area contributed by atoms with Crippen LogP contribution in [-0.4, -0.2) is 43.8 Å². The molecule has 0 heterocycles. The second-order valence-electron chi connectivity index (χ2n) is 10.4. The Hall–Kier alpha value is -3.64. The minimum absolute atomic E-state index is 0.138. The van der Waals surface area contributed by atoms with Crippen molar-refractivity contribution in [2.75, 3.05) is 10.8 Å². The molecule has 13 heteroatoms. The molecule has 3 aromatic carbocycles. The van der Waals surface area contributed by atoms with Crippen molar-refractivity contribution in [2.24, 2.45) is 0 Å². The molecule has 0 aliphatic rings. The van der Waals surface area contributed by atoms with Crippen LogP contribution in [0.25, 0.3) is 0 Å². The summed E-state index contributed by atoms with van der Waals surface area (Å²) in [6, 6.07) is 12.1. The molecule has 1 N–H and O–H groups in total. The largest absolute Gasteiger partial charge is 0.417 e. The number of hydrogen-bond donors (Lipinski definition) is 1. The number of halogens is 5. The second kappa shape index (κ2) is 14.4. The zero-order valence-corrected chi connectivity index (χ0v) is 26.2. The number of carbonyl (C=O) groups excluding carboxylic acids is 2. The van der Waals surface area contributed by atoms with Gasteiger partial charge in [0.05, 0.1) is 21.2 Å². The number of alkyl halides is 3. The summed E-state index contributed by atoms with van der Waals surface area (Å²) in [6.45, 7) is 5.91. The lowest BCUT2D eigenvalue weighted by molar-refractivity contribution is -0.140. The Morgan fingerprint density at radius 1 is 0.955 bits per heavy atom. The van der Waals surface area contributed by atoms with Gasteiger partial charge in [0.25, 0.3) is 10.0 Å². The van der Waals surface area contributed by atoms with Gasteiger partial charge in [0.1, 0.15) is 18.4 Å². The van der Waals surface area contributed by atoms with E-state index in [1.54, 1.807) is 20.8 Å². The fourth-order valence-electron chi connectivity index (χ4n) is 4.40. The summed E-state index contributed by atoms with van der Waals surface area (Å²) >= 11 is 5.81. The second-order valence-corrected chi connectivity index (χ2v) is 12.6. The number of nitrogens with one attached hydrogen (secondary N) is 1. The van der Waals surface area contributed by atoms with Crippen molar-refractivity contribution in [3.05, 3.63) is 94.3 Å². The number of amides is 2. The molecule has 0 aromatic heterocycles. The SMILES string of the molecule is CC[C@@H](C)NC(=O)[C@@H](CC)N(Cc1ccc(F)cc1)C(=O)CN(c1ccc(Cl)c(C(F)(F)F)c1)S(=O)(=O)c1ccc(C)cc1. The van der Waals surface area contributed by atoms with Crippen LogP contribution >= 0.6 is 11.6 Å². The molecule has 0 aliphatic heterocycles. The van der Waals surface area contributed by atoms with E-state index in [1.807, 2.05) is 6.92 Å². The maximum atomic E-state index is 14.1. The Kier molecular flexibility index (Phi) is 11.4. The third kappa shape index (κ3) is 8.50. The van der Waals surface area contributed by atoms with Gasteiger partial charge in [-0.25, -0.2) is 12.8 Å². The number of hydrogen-bond acceptors (Lipinski definition) is 4. The number of sulfonamides is 1. The molecule has 0 radical (unpaired) electrons. The maximum absolute atomic E-state index is 14.1. The highest BCUT2D eigenvalue weighted by Crippen LogP contribution is 2.38. The van der Waals surface area contributed by atoms with Crippen LogP contribution in [0, 0.1) is 12.7 Å². The first-order chi connectivity index (χ1) is 20.6. The van der Waals surface area contributed by atoms with Crippen LogP contribution in [0.2, 0.25) is 5.02 Å². The van der Waals surface area contributed by atoms with Crippen molar-refractivity contribution in [3.63, 3.8) is 0 Å². The lowest BCUT2D eigenvalue weighted by atomic mass is 10.1. The Bertz CT molecular complexity index is 1570. The van der Waals surface area contributed by atoms with Crippen LogP contribution in [-0.2, 0) is 32.3 Å². The van der Waals surface area contributed by atoms with E-state index in [4.69, 9.17) is 11.6 Å². The molecule has 0 spiro atoms. The minimum Gasteiger partial charge on any atom is -0.352 e. The van der Waals surface area contributed by atoms with Crippen LogP contribution in [0.5, 0.6) is 0 Å². The summed E-state index contributed by atoms with van der Waals surface area (Å²) < 4.78 is 83.4. The lowest BCUT2D eigenvalue weighted by Crippen LogP contribution is -2.53. The van der Waals surface area contributed by atoms with Crippen LogP contribution in [0.15, 0.2) is 71.6 Å². The molecule has 3 rings (SSSR count). The summed E-state index contributed by atoms with van der Waals surface area (Å²) in [5, 5.41) is 2.18. The zero-order valence-electron chi connectivity index (χ0n) is 24.7. The van der Waals surface area contributed by atoms with Crippen LogP contribution in [0.1, 0.15) is 50.3 Å². The summed E-state index contributed by atoms with van der Waals surface area (Å²) in [7, 11) is -4.60. The monoisotopic (exact) mass is 655 g/mol. The highest BCUT2D eigenvalue weighted by molar-refractivity contribution is 7.92. The molecule has 2 atom stereocenters. The Morgan fingerprint density at radius 2 is 1.57 bits per heavy atom. The number of carbonyl (C=O) groups is 2. The molecule has 0 saturated heterocycles. The molecule has 3 aromatic rings. The van der Waals surface area contributed by atoms with Crippen LogP contribution in [0.3, 0.4) is 0 Å². The standard InChI is InChI=1S/C31H34ClF4N3O4S/c1-5-21(4)37-30(41)28(6-2)38(18-22-9-11-23(33)12-10-22)29(40)19-39(44(42,43)25-14-7-20(3)8-15-25)24-13-16-27(32)26(17-24)31(34,35)36/h7-17,21,28H,5-6,18-19H2,1-4H3,(H,37,41)/t21-,28-/m1/s1. The van der Waals surface area contributed by atoms with Gasteiger partial charge in [0.15, 0.2) is 0 Å². The van der Waals surface area contributed by atoms with Gasteiger partial charge in [0, 0.05) is 12.6 Å². The predicted octanol–water partition coefficient (Wildman–Crippen LogP) is 6.72. The number of anilines is 1. The molecule has 7 nitrogen and oxygen atoms in total. The normalized spacial score (nSPS) is 13.2. The first-order valence-electron chi connectivity index (χ1n) is 13.9. The minimum atomic E-state index is -4.91. The van der Waals surface area contributed by atoms with Gasteiger partial charge in [0.2, 0.25) is 11.8 Å². The summed E-state index contributed by atoms with van der Waals surface area (Å²) in [4.78, 5) is 28.3. The van der Waals surface area contributed by atoms with Crippen molar-refractivity contribution in [1.82, 2.24) is 10.2 Å². The van der Waals surface area contributed by atoms with Gasteiger partial charge < -0.3 is 10.2 Å². The topological polar surface area (TPSA) is 86.8 Å². The van der Waals surface area contributed by atoms with Gasteiger partial charge in [-0.15, -0.1) is 0 Å². The molecule has 0 aliphatic carbocycles. The first-order valence-corrected chi connectivity index (χ1v) is 15.7. The molecule has 0 bridgehead atoms. The van der Waals surface area contributed by atoms with Crippen molar-refractivity contribution in [1.29, 1.82) is 0 Å². The van der Waals surface area contributed by atoms with Crippen LogP contribution in [0.4, 0.5) is 23.2 Å². The smallest absolute Gasteiger partial charge is 0.352 e. The van der Waals surface area contributed by atoms with E-state index in [0.717, 1.165) is 22.6 Å². The van der Waals surface area contributed by atoms with Crippen LogP contribution < -0.4 is 9.62 Å². The van der Waals surface area contributed by atoms with Gasteiger partial charge in [-0.3, -0.25) is 13.9 Å². The predicted molar refractivity (Wildman–Crippen MR) is 161 cm³/mol. The zero-order chi connectivity index (χ0) is 32.8. The third-order valence-corrected chi connectivity index (χ3v) is 9.20. The maximum Gasteiger partial charge on any atom is 0.417 e. The van der Waals surface area contributed by atoms with E-state index in [2.05, 4.69) is 5.32 Å².